The van der Waals surface area contributed by atoms with E-state index in [1.165, 1.54) is 51.7 Å². The number of hydrogen-bond donors (Lipinski definition) is 1. The Morgan fingerprint density at radius 3 is 2.46 bits per heavy atom. The molecule has 13 heavy (non-hydrogen) atoms. The van der Waals surface area contributed by atoms with E-state index in [0.29, 0.717) is 0 Å². The molecule has 76 valence electrons. The van der Waals surface area contributed by atoms with Crippen molar-refractivity contribution in [2.75, 3.05) is 26.7 Å². The Morgan fingerprint density at radius 2 is 1.92 bits per heavy atom. The molecule has 1 aliphatic heterocycles. The van der Waals surface area contributed by atoms with Crippen molar-refractivity contribution < 1.29 is 0 Å². The molecular formula is C11H22N2. The normalized spacial score (nSPS) is 27.5. The first-order valence-electron chi connectivity index (χ1n) is 5.80. The fraction of sp³-hybridized carbons (Fsp3) is 1.00. The zero-order valence-corrected chi connectivity index (χ0v) is 8.76. The van der Waals surface area contributed by atoms with Gasteiger partial charge >= 0.3 is 0 Å². The van der Waals surface area contributed by atoms with Gasteiger partial charge in [0.15, 0.2) is 0 Å². The molecule has 2 fully saturated rings. The van der Waals surface area contributed by atoms with Gasteiger partial charge < -0.3 is 10.2 Å². The number of piperidine rings is 1. The van der Waals surface area contributed by atoms with Crippen molar-refractivity contribution >= 4 is 0 Å². The van der Waals surface area contributed by atoms with Gasteiger partial charge in [0.05, 0.1) is 0 Å². The summed E-state index contributed by atoms with van der Waals surface area (Å²) >= 11 is 0. The second-order valence-electron chi connectivity index (χ2n) is 4.59. The predicted molar refractivity (Wildman–Crippen MR) is 55.9 cm³/mol. The van der Waals surface area contributed by atoms with E-state index in [1.54, 1.807) is 0 Å². The van der Waals surface area contributed by atoms with Crippen molar-refractivity contribution in [3.63, 3.8) is 0 Å². The Balaban J connectivity index is 1.73. The van der Waals surface area contributed by atoms with Crippen LogP contribution < -0.4 is 5.32 Å². The minimum absolute atomic E-state index is 0.776. The monoisotopic (exact) mass is 182 g/mol. The van der Waals surface area contributed by atoms with Crippen LogP contribution in [0.15, 0.2) is 0 Å². The van der Waals surface area contributed by atoms with Gasteiger partial charge in [-0.1, -0.05) is 6.42 Å². The van der Waals surface area contributed by atoms with Crippen LogP contribution in [-0.2, 0) is 0 Å². The minimum Gasteiger partial charge on any atom is -0.315 e. The molecular weight excluding hydrogens is 160 g/mol. The molecule has 1 aliphatic carbocycles. The Hall–Kier alpha value is -0.0800. The average molecular weight is 182 g/mol. The number of likely N-dealkylation sites (tertiary alicyclic amines) is 1. The van der Waals surface area contributed by atoms with Gasteiger partial charge in [-0.2, -0.15) is 0 Å². The van der Waals surface area contributed by atoms with E-state index in [-0.39, 0.29) is 0 Å². The summed E-state index contributed by atoms with van der Waals surface area (Å²) in [4.78, 5) is 2.64. The summed E-state index contributed by atoms with van der Waals surface area (Å²) in [7, 11) is 2.12. The summed E-state index contributed by atoms with van der Waals surface area (Å²) in [5.41, 5.74) is 0. The summed E-state index contributed by atoms with van der Waals surface area (Å²) < 4.78 is 0. The summed E-state index contributed by atoms with van der Waals surface area (Å²) in [6.45, 7) is 3.97. The van der Waals surface area contributed by atoms with Crippen LogP contribution >= 0.6 is 0 Å². The number of rotatable bonds is 4. The maximum absolute atomic E-state index is 3.47. The number of nitrogens with one attached hydrogen (secondary N) is 1. The van der Waals surface area contributed by atoms with Crippen molar-refractivity contribution in [3.8, 4) is 0 Å². The smallest absolute Gasteiger partial charge is 0.0220 e. The second kappa shape index (κ2) is 4.43. The van der Waals surface area contributed by atoms with Gasteiger partial charge in [-0.3, -0.25) is 0 Å². The second-order valence-corrected chi connectivity index (χ2v) is 4.59. The molecule has 0 bridgehead atoms. The largest absolute Gasteiger partial charge is 0.315 e. The van der Waals surface area contributed by atoms with E-state index in [1.807, 2.05) is 0 Å². The topological polar surface area (TPSA) is 15.3 Å². The fourth-order valence-electron chi connectivity index (χ4n) is 2.39. The van der Waals surface area contributed by atoms with Crippen LogP contribution in [0, 0.1) is 5.92 Å². The fourth-order valence-corrected chi connectivity index (χ4v) is 2.39. The molecule has 1 atom stereocenters. The quantitative estimate of drug-likeness (QED) is 0.708. The summed E-state index contributed by atoms with van der Waals surface area (Å²) in [6, 6.07) is 0.776. The number of nitrogens with zero attached hydrogens (tertiary/aromatic N) is 1. The lowest BCUT2D eigenvalue weighted by molar-refractivity contribution is 0.200. The van der Waals surface area contributed by atoms with Gasteiger partial charge in [0, 0.05) is 12.6 Å². The molecule has 1 saturated heterocycles. The van der Waals surface area contributed by atoms with Crippen molar-refractivity contribution in [3.05, 3.63) is 0 Å². The van der Waals surface area contributed by atoms with Crippen LogP contribution in [0.1, 0.15) is 32.1 Å². The zero-order valence-electron chi connectivity index (χ0n) is 8.76. The number of hydrogen-bond acceptors (Lipinski definition) is 2. The molecule has 0 aromatic heterocycles. The first kappa shape index (κ1) is 9.47. The molecule has 0 amide bonds. The molecule has 2 nitrogen and oxygen atoms in total. The lowest BCUT2D eigenvalue weighted by Crippen LogP contribution is -2.42. The molecule has 0 aromatic carbocycles. The third-order valence-corrected chi connectivity index (χ3v) is 3.47. The molecule has 2 rings (SSSR count). The van der Waals surface area contributed by atoms with Crippen LogP contribution in [-0.4, -0.2) is 37.6 Å². The molecule has 2 aliphatic rings. The van der Waals surface area contributed by atoms with E-state index < -0.39 is 0 Å². The van der Waals surface area contributed by atoms with Crippen LogP contribution in [0.5, 0.6) is 0 Å². The van der Waals surface area contributed by atoms with Gasteiger partial charge in [0.25, 0.3) is 0 Å². The molecule has 1 saturated carbocycles. The van der Waals surface area contributed by atoms with Crippen LogP contribution in [0.3, 0.4) is 0 Å². The average Bonchev–Trinajstić information content (AvgIpc) is 2.99. The van der Waals surface area contributed by atoms with Gasteiger partial charge in [-0.05, 0) is 51.7 Å². The summed E-state index contributed by atoms with van der Waals surface area (Å²) in [5.74, 6) is 0.993. The van der Waals surface area contributed by atoms with Crippen molar-refractivity contribution in [2.45, 2.75) is 38.1 Å². The highest BCUT2D eigenvalue weighted by molar-refractivity contribution is 4.88. The molecule has 0 aromatic rings. The molecule has 1 N–H and O–H groups in total. The van der Waals surface area contributed by atoms with E-state index in [0.717, 1.165) is 12.0 Å². The lowest BCUT2D eigenvalue weighted by atomic mass is 10.1. The first-order valence-corrected chi connectivity index (χ1v) is 5.80. The molecule has 0 spiro atoms. The molecule has 1 heterocycles. The molecule has 2 heteroatoms. The first-order chi connectivity index (χ1) is 6.40. The Kier molecular flexibility index (Phi) is 3.23. The maximum Gasteiger partial charge on any atom is 0.0220 e. The van der Waals surface area contributed by atoms with Crippen molar-refractivity contribution in [1.29, 1.82) is 0 Å². The summed E-state index contributed by atoms with van der Waals surface area (Å²) in [5, 5.41) is 3.47. The van der Waals surface area contributed by atoms with Gasteiger partial charge in [-0.25, -0.2) is 0 Å². The van der Waals surface area contributed by atoms with E-state index >= 15 is 0 Å². The Labute approximate surface area is 81.7 Å². The highest BCUT2D eigenvalue weighted by Gasteiger charge is 2.31. The third-order valence-electron chi connectivity index (χ3n) is 3.47. The molecule has 0 radical (unpaired) electrons. The van der Waals surface area contributed by atoms with Crippen LogP contribution in [0.2, 0.25) is 0 Å². The maximum atomic E-state index is 3.47. The SMILES string of the molecule is CN[C@H](CN1CCCCC1)C1CC1. The van der Waals surface area contributed by atoms with E-state index in [4.69, 9.17) is 0 Å². The standard InChI is InChI=1S/C11H22N2/c1-12-11(10-5-6-10)9-13-7-3-2-4-8-13/h10-12H,2-9H2,1H3/t11-/m1/s1. The van der Waals surface area contributed by atoms with E-state index in [2.05, 4.69) is 17.3 Å². The van der Waals surface area contributed by atoms with Gasteiger partial charge in [-0.15, -0.1) is 0 Å². The van der Waals surface area contributed by atoms with Gasteiger partial charge in [0.1, 0.15) is 0 Å². The zero-order chi connectivity index (χ0) is 9.10. The Bertz CT molecular complexity index is 148. The van der Waals surface area contributed by atoms with Crippen molar-refractivity contribution in [1.82, 2.24) is 10.2 Å². The van der Waals surface area contributed by atoms with Gasteiger partial charge in [0.2, 0.25) is 0 Å². The number of likely N-dealkylation sites (N-methyl/N-ethyl adjacent to an activating group) is 1. The van der Waals surface area contributed by atoms with Crippen LogP contribution in [0.25, 0.3) is 0 Å². The summed E-state index contributed by atoms with van der Waals surface area (Å²) in [6.07, 6.45) is 7.20. The highest BCUT2D eigenvalue weighted by atomic mass is 15.2. The van der Waals surface area contributed by atoms with E-state index in [9.17, 15) is 0 Å². The predicted octanol–water partition coefficient (Wildman–Crippen LogP) is 1.47. The Morgan fingerprint density at radius 1 is 1.23 bits per heavy atom. The minimum atomic E-state index is 0.776. The lowest BCUT2D eigenvalue weighted by Gasteiger charge is -2.30. The molecule has 0 unspecified atom stereocenters. The highest BCUT2D eigenvalue weighted by Crippen LogP contribution is 2.33. The van der Waals surface area contributed by atoms with Crippen molar-refractivity contribution in [2.24, 2.45) is 5.92 Å². The van der Waals surface area contributed by atoms with Crippen LogP contribution in [0.4, 0.5) is 0 Å². The third kappa shape index (κ3) is 2.68.